The lowest BCUT2D eigenvalue weighted by atomic mass is 9.87. The van der Waals surface area contributed by atoms with Gasteiger partial charge in [-0.15, -0.1) is 0 Å². The molecule has 2 aliphatic rings. The minimum atomic E-state index is -1.47. The Morgan fingerprint density at radius 3 is 2.01 bits per heavy atom. The highest BCUT2D eigenvalue weighted by Gasteiger charge is 2.44. The molecule has 0 aliphatic carbocycles. The molecule has 70 heavy (non-hydrogen) atoms. The van der Waals surface area contributed by atoms with Crippen molar-refractivity contribution in [1.82, 2.24) is 30.7 Å². The van der Waals surface area contributed by atoms with Crippen LogP contribution in [-0.2, 0) is 68.5 Å². The summed E-state index contributed by atoms with van der Waals surface area (Å²) in [5.41, 5.74) is -0.707. The van der Waals surface area contributed by atoms with E-state index < -0.39 is 77.4 Å². The summed E-state index contributed by atoms with van der Waals surface area (Å²) in [5, 5.41) is 17.8. The number of carbonyl (C=O) groups excluding carboxylic acids is 7. The second kappa shape index (κ2) is 29.3. The fourth-order valence-corrected chi connectivity index (χ4v) is 9.01. The first-order valence-corrected chi connectivity index (χ1v) is 24.3. The molecule has 0 bridgehead atoms. The summed E-state index contributed by atoms with van der Waals surface area (Å²) < 4.78 is 28.3. The Hall–Kier alpha value is -5.12. The van der Waals surface area contributed by atoms with Gasteiger partial charge in [0.2, 0.25) is 23.6 Å². The van der Waals surface area contributed by atoms with Gasteiger partial charge in [0.25, 0.3) is 17.7 Å². The van der Waals surface area contributed by atoms with Crippen LogP contribution in [0.25, 0.3) is 0 Å². The predicted octanol–water partition coefficient (Wildman–Crippen LogP) is 2.12. The quantitative estimate of drug-likeness (QED) is 0.0597. The number of nitrogens with zero attached hydrogens (tertiary/aromatic N) is 3. The van der Waals surface area contributed by atoms with E-state index in [0.29, 0.717) is 25.8 Å². The summed E-state index contributed by atoms with van der Waals surface area (Å²) in [6.07, 6.45) is 2.92. The van der Waals surface area contributed by atoms with Crippen molar-refractivity contribution in [2.75, 3.05) is 74.0 Å². The van der Waals surface area contributed by atoms with Crippen LogP contribution in [-0.4, -0.2) is 183 Å². The van der Waals surface area contributed by atoms with Crippen molar-refractivity contribution >= 4 is 47.3 Å². The molecule has 2 heterocycles. The zero-order valence-electron chi connectivity index (χ0n) is 42.7. The SMILES string of the molecule is CC[C@H](C)[C@@H]([C@@H](CC(=O)N1CCC[C@H]1[C@H](OC)[C@@H](C)C(=O)N[C@@H](Cc1ccccc1)C(=O)O)OC)N(C)[C@H](C(=O)NC(=O)C(C)(C)NC(=O)CCOCCOCCOCCN1C(=O)C=CC1=O)C(C)C. The van der Waals surface area contributed by atoms with Crippen molar-refractivity contribution in [2.45, 2.75) is 129 Å². The molecule has 2 aliphatic heterocycles. The van der Waals surface area contributed by atoms with Gasteiger partial charge < -0.3 is 44.3 Å². The summed E-state index contributed by atoms with van der Waals surface area (Å²) >= 11 is 0. The first-order valence-electron chi connectivity index (χ1n) is 24.3. The van der Waals surface area contributed by atoms with Crippen LogP contribution in [0.4, 0.5) is 0 Å². The fraction of sp³-hybridized carbons (Fsp3) is 0.680. The maximum atomic E-state index is 14.3. The molecule has 0 spiro atoms. The molecule has 0 saturated carbocycles. The average molecular weight is 987 g/mol. The van der Waals surface area contributed by atoms with Gasteiger partial charge in [0, 0.05) is 51.8 Å². The topological polar surface area (TPSA) is 249 Å². The molecule has 1 aromatic rings. The molecular formula is C50H78N6O14. The molecule has 0 radical (unpaired) electrons. The number of aliphatic carboxylic acids is 1. The van der Waals surface area contributed by atoms with Gasteiger partial charge in [0.05, 0.1) is 82.8 Å². The van der Waals surface area contributed by atoms with Crippen molar-refractivity contribution in [1.29, 1.82) is 0 Å². The lowest BCUT2D eigenvalue weighted by molar-refractivity contribution is -0.146. The molecule has 8 atom stereocenters. The molecule has 1 aromatic carbocycles. The lowest BCUT2D eigenvalue weighted by Gasteiger charge is -2.43. The molecule has 3 rings (SSSR count). The summed E-state index contributed by atoms with van der Waals surface area (Å²) in [5.74, 6) is -5.55. The first kappa shape index (κ1) is 59.2. The minimum Gasteiger partial charge on any atom is -0.480 e. The molecule has 4 N–H and O–H groups in total. The van der Waals surface area contributed by atoms with Crippen LogP contribution in [0, 0.1) is 17.8 Å². The number of imide groups is 2. The number of nitrogens with one attached hydrogen (secondary N) is 3. The maximum Gasteiger partial charge on any atom is 0.326 e. The molecule has 7 amide bonds. The Bertz CT molecular complexity index is 1910. The fourth-order valence-electron chi connectivity index (χ4n) is 9.01. The lowest BCUT2D eigenvalue weighted by Crippen LogP contribution is -2.62. The van der Waals surface area contributed by atoms with Crippen LogP contribution in [0.1, 0.15) is 86.1 Å². The number of carboxylic acid groups (broad SMARTS) is 1. The zero-order chi connectivity index (χ0) is 52.1. The van der Waals surface area contributed by atoms with E-state index in [0.717, 1.165) is 10.5 Å². The maximum absolute atomic E-state index is 14.3. The minimum absolute atomic E-state index is 0.0508. The van der Waals surface area contributed by atoms with E-state index >= 15 is 0 Å². The van der Waals surface area contributed by atoms with E-state index in [-0.39, 0.29) is 95.0 Å². The van der Waals surface area contributed by atoms with Gasteiger partial charge in [-0.05, 0) is 51.1 Å². The summed E-state index contributed by atoms with van der Waals surface area (Å²) in [6.45, 7) is 14.2. The van der Waals surface area contributed by atoms with E-state index in [1.54, 1.807) is 43.1 Å². The third-order valence-corrected chi connectivity index (χ3v) is 13.0. The molecule has 0 aromatic heterocycles. The zero-order valence-corrected chi connectivity index (χ0v) is 42.7. The van der Waals surface area contributed by atoms with E-state index in [1.165, 1.54) is 40.2 Å². The van der Waals surface area contributed by atoms with E-state index in [1.807, 2.05) is 38.7 Å². The van der Waals surface area contributed by atoms with Crippen LogP contribution in [0.3, 0.4) is 0 Å². The van der Waals surface area contributed by atoms with Gasteiger partial charge in [0.15, 0.2) is 0 Å². The van der Waals surface area contributed by atoms with E-state index in [9.17, 15) is 43.5 Å². The highest BCUT2D eigenvalue weighted by molar-refractivity contribution is 6.12. The number of hydrogen-bond acceptors (Lipinski definition) is 14. The van der Waals surface area contributed by atoms with Crippen molar-refractivity contribution in [3.05, 3.63) is 48.0 Å². The first-order chi connectivity index (χ1) is 33.2. The van der Waals surface area contributed by atoms with Gasteiger partial charge in [-0.3, -0.25) is 48.7 Å². The number of carbonyl (C=O) groups is 8. The Kier molecular flexibility index (Phi) is 24.8. The summed E-state index contributed by atoms with van der Waals surface area (Å²) in [6, 6.07) is 6.07. The second-order valence-electron chi connectivity index (χ2n) is 18.8. The number of methoxy groups -OCH3 is 2. The van der Waals surface area contributed by atoms with Crippen LogP contribution in [0.15, 0.2) is 42.5 Å². The van der Waals surface area contributed by atoms with Crippen LogP contribution in [0.5, 0.6) is 0 Å². The normalized spacial score (nSPS) is 18.1. The molecule has 1 saturated heterocycles. The summed E-state index contributed by atoms with van der Waals surface area (Å²) in [7, 11) is 4.77. The van der Waals surface area contributed by atoms with Gasteiger partial charge in [-0.2, -0.15) is 0 Å². The number of amides is 7. The Morgan fingerprint density at radius 1 is 0.857 bits per heavy atom. The van der Waals surface area contributed by atoms with E-state index in [2.05, 4.69) is 16.0 Å². The largest absolute Gasteiger partial charge is 0.480 e. The van der Waals surface area contributed by atoms with E-state index in [4.69, 9.17) is 23.7 Å². The number of rotatable bonds is 32. The van der Waals surface area contributed by atoms with Crippen molar-refractivity contribution in [3.8, 4) is 0 Å². The number of benzene rings is 1. The number of ether oxygens (including phenoxy) is 5. The van der Waals surface area contributed by atoms with Gasteiger partial charge in [-0.25, -0.2) is 4.79 Å². The van der Waals surface area contributed by atoms with Crippen molar-refractivity contribution in [3.63, 3.8) is 0 Å². The smallest absolute Gasteiger partial charge is 0.326 e. The highest BCUT2D eigenvalue weighted by Crippen LogP contribution is 2.30. The second-order valence-corrected chi connectivity index (χ2v) is 18.8. The number of likely N-dealkylation sites (tertiary alicyclic amines) is 1. The highest BCUT2D eigenvalue weighted by atomic mass is 16.5. The Balaban J connectivity index is 1.55. The number of carboxylic acids is 1. The number of hydrogen-bond donors (Lipinski definition) is 4. The summed E-state index contributed by atoms with van der Waals surface area (Å²) in [4.78, 5) is 108. The molecule has 392 valence electrons. The van der Waals surface area contributed by atoms with Crippen LogP contribution >= 0.6 is 0 Å². The Morgan fingerprint density at radius 2 is 1.46 bits per heavy atom. The average Bonchev–Trinajstić information content (AvgIpc) is 3.93. The third kappa shape index (κ3) is 17.6. The molecular weight excluding hydrogens is 909 g/mol. The number of likely N-dealkylation sites (N-methyl/N-ethyl adjacent to an activating group) is 1. The molecule has 20 heteroatoms. The van der Waals surface area contributed by atoms with Crippen LogP contribution in [0.2, 0.25) is 0 Å². The van der Waals surface area contributed by atoms with Gasteiger partial charge in [-0.1, -0.05) is 71.4 Å². The van der Waals surface area contributed by atoms with Crippen molar-refractivity contribution < 1.29 is 67.1 Å². The van der Waals surface area contributed by atoms with Crippen molar-refractivity contribution in [2.24, 2.45) is 17.8 Å². The molecule has 1 fully saturated rings. The standard InChI is InChI=1S/C50H78N6O14/c1-11-33(4)44(38(66-9)31-42(60)55-22-15-18-37(55)45(67-10)34(5)46(61)51-36(48(63)64)30-35-16-13-12-14-17-35)54(8)43(32(2)3)47(62)52-49(65)50(6,7)53-39(57)21-24-68-26-28-70-29-27-69-25-23-56-40(58)19-20-41(56)59/h12-14,16-17,19-20,32-34,36-38,43-45H,11,15,18,21-31H2,1-10H3,(H,51,61)(H,53,57)(H,63,64)(H,52,62,65)/t33-,34+,36-,37-,38+,43-,44-,45+/m0/s1. The van der Waals surface area contributed by atoms with Gasteiger partial charge in [0.1, 0.15) is 11.6 Å². The molecule has 0 unspecified atom stereocenters. The monoisotopic (exact) mass is 987 g/mol. The van der Waals surface area contributed by atoms with Crippen LogP contribution < -0.4 is 16.0 Å². The molecule has 20 nitrogen and oxygen atoms in total. The predicted molar refractivity (Wildman–Crippen MR) is 258 cm³/mol. The van der Waals surface area contributed by atoms with Gasteiger partial charge >= 0.3 is 5.97 Å². The Labute approximate surface area is 412 Å². The third-order valence-electron chi connectivity index (χ3n) is 13.0.